The van der Waals surface area contributed by atoms with Gasteiger partial charge in [0.2, 0.25) is 0 Å². The number of nitrogens with zero attached hydrogens (tertiary/aromatic N) is 3. The van der Waals surface area contributed by atoms with Crippen LogP contribution < -0.4 is 5.32 Å². The lowest BCUT2D eigenvalue weighted by Gasteiger charge is -2.26. The highest BCUT2D eigenvalue weighted by Gasteiger charge is 2.20. The Kier molecular flexibility index (Phi) is 7.33. The van der Waals surface area contributed by atoms with E-state index in [9.17, 15) is 10.2 Å². The van der Waals surface area contributed by atoms with Crippen molar-refractivity contribution in [2.75, 3.05) is 32.8 Å². The summed E-state index contributed by atoms with van der Waals surface area (Å²) in [7, 11) is 0. The molecule has 1 saturated heterocycles. The van der Waals surface area contributed by atoms with Crippen LogP contribution in [0.5, 0.6) is 11.5 Å². The second-order valence-electron chi connectivity index (χ2n) is 8.83. The van der Waals surface area contributed by atoms with E-state index in [1.165, 1.54) is 11.6 Å². The Balaban J connectivity index is 1.71. The maximum atomic E-state index is 10.7. The van der Waals surface area contributed by atoms with Gasteiger partial charge in [-0.25, -0.2) is 4.98 Å². The lowest BCUT2D eigenvalue weighted by Crippen LogP contribution is -2.35. The third-order valence-corrected chi connectivity index (χ3v) is 6.10. The van der Waals surface area contributed by atoms with E-state index < -0.39 is 0 Å². The summed E-state index contributed by atoms with van der Waals surface area (Å²) in [5.41, 5.74) is 4.64. The highest BCUT2D eigenvalue weighted by molar-refractivity contribution is 5.70. The Bertz CT molecular complexity index is 1070. The third kappa shape index (κ3) is 5.21. The van der Waals surface area contributed by atoms with Crippen molar-refractivity contribution in [2.45, 2.75) is 39.8 Å². The Hall–Kier alpha value is -2.87. The number of morpholine rings is 1. The van der Waals surface area contributed by atoms with Gasteiger partial charge in [0.05, 0.1) is 30.7 Å². The molecular weight excluding hydrogens is 416 g/mol. The van der Waals surface area contributed by atoms with Crippen LogP contribution in [0.15, 0.2) is 42.6 Å². The first kappa shape index (κ1) is 23.3. The van der Waals surface area contributed by atoms with Crippen LogP contribution in [0.4, 0.5) is 0 Å². The predicted molar refractivity (Wildman–Crippen MR) is 130 cm³/mol. The second kappa shape index (κ2) is 10.4. The number of aromatic nitrogens is 2. The summed E-state index contributed by atoms with van der Waals surface area (Å²) in [6.07, 6.45) is 1.85. The summed E-state index contributed by atoms with van der Waals surface area (Å²) in [6, 6.07) is 11.8. The fraction of sp³-hybridized carbons (Fsp3) is 0.423. The maximum Gasteiger partial charge on any atom is 0.148 e. The normalized spacial score (nSPS) is 14.8. The summed E-state index contributed by atoms with van der Waals surface area (Å²) < 4.78 is 7.53. The van der Waals surface area contributed by atoms with Crippen molar-refractivity contribution in [2.24, 2.45) is 0 Å². The van der Waals surface area contributed by atoms with Crippen molar-refractivity contribution in [1.82, 2.24) is 19.8 Å². The monoisotopic (exact) mass is 450 g/mol. The summed E-state index contributed by atoms with van der Waals surface area (Å²) >= 11 is 0. The Morgan fingerprint density at radius 2 is 1.79 bits per heavy atom. The predicted octanol–water partition coefficient (Wildman–Crippen LogP) is 4.02. The topological polar surface area (TPSA) is 82.8 Å². The van der Waals surface area contributed by atoms with Gasteiger partial charge in [-0.2, -0.15) is 0 Å². The number of rotatable bonds is 8. The van der Waals surface area contributed by atoms with Gasteiger partial charge in [0, 0.05) is 37.9 Å². The molecule has 1 aliphatic rings. The molecule has 0 amide bonds. The molecular formula is C26H34N4O3. The molecule has 3 aromatic rings. The average Bonchev–Trinajstić information content (AvgIpc) is 3.22. The molecule has 0 unspecified atom stereocenters. The van der Waals surface area contributed by atoms with Crippen LogP contribution in [0.2, 0.25) is 0 Å². The molecule has 7 nitrogen and oxygen atoms in total. The van der Waals surface area contributed by atoms with E-state index >= 15 is 0 Å². The first-order chi connectivity index (χ1) is 16.0. The molecule has 1 aliphatic heterocycles. The Labute approximate surface area is 195 Å². The molecule has 176 valence electrons. The van der Waals surface area contributed by atoms with E-state index in [0.29, 0.717) is 17.9 Å². The lowest BCUT2D eigenvalue weighted by molar-refractivity contribution is 0.0342. The number of nitrogens with one attached hydrogen (secondary N) is 1. The van der Waals surface area contributed by atoms with Crippen LogP contribution in [-0.4, -0.2) is 57.5 Å². The number of hydrogen-bond donors (Lipinski definition) is 3. The molecule has 0 spiro atoms. The minimum Gasteiger partial charge on any atom is -0.508 e. The van der Waals surface area contributed by atoms with Gasteiger partial charge in [-0.05, 0) is 41.8 Å². The fourth-order valence-corrected chi connectivity index (χ4v) is 4.25. The first-order valence-corrected chi connectivity index (χ1v) is 11.7. The fourth-order valence-electron chi connectivity index (χ4n) is 4.25. The van der Waals surface area contributed by atoms with Crippen LogP contribution in [0.3, 0.4) is 0 Å². The van der Waals surface area contributed by atoms with E-state index in [2.05, 4.69) is 51.0 Å². The summed E-state index contributed by atoms with van der Waals surface area (Å²) in [6.45, 7) is 12.0. The third-order valence-electron chi connectivity index (χ3n) is 6.10. The molecule has 1 fully saturated rings. The number of hydrogen-bond acceptors (Lipinski definition) is 6. The van der Waals surface area contributed by atoms with Gasteiger partial charge in [-0.1, -0.05) is 32.9 Å². The molecule has 3 N–H and O–H groups in total. The van der Waals surface area contributed by atoms with Gasteiger partial charge in [0.1, 0.15) is 17.3 Å². The number of aromatic hydroxyl groups is 2. The standard InChI is InChI=1S/C26H34N4O3/c1-4-27-15-21-16-28-26(23-13-22(18(2)3)24(31)14-25(23)32)30(21)20-7-5-19(6-8-20)17-29-9-11-33-12-10-29/h5-8,13-14,16,18,27,31-32H,4,9-12,15,17H2,1-3H3. The molecule has 33 heavy (non-hydrogen) atoms. The van der Waals surface area contributed by atoms with Crippen LogP contribution in [-0.2, 0) is 17.8 Å². The van der Waals surface area contributed by atoms with Crippen LogP contribution in [0, 0.1) is 0 Å². The molecule has 0 saturated carbocycles. The van der Waals surface area contributed by atoms with Gasteiger partial charge in [0.15, 0.2) is 0 Å². The summed E-state index contributed by atoms with van der Waals surface area (Å²) in [4.78, 5) is 7.08. The molecule has 1 aromatic heterocycles. The largest absolute Gasteiger partial charge is 0.508 e. The average molecular weight is 451 g/mol. The van der Waals surface area contributed by atoms with E-state index in [1.807, 2.05) is 26.1 Å². The van der Waals surface area contributed by atoms with Crippen LogP contribution >= 0.6 is 0 Å². The molecule has 0 aliphatic carbocycles. The molecule has 0 radical (unpaired) electrons. The molecule has 0 bridgehead atoms. The Morgan fingerprint density at radius 1 is 1.06 bits per heavy atom. The van der Waals surface area contributed by atoms with Crippen molar-refractivity contribution < 1.29 is 14.9 Å². The number of phenolic OH excluding ortho intramolecular Hbond substituents is 2. The van der Waals surface area contributed by atoms with E-state index in [0.717, 1.165) is 56.3 Å². The zero-order valence-electron chi connectivity index (χ0n) is 19.7. The minimum atomic E-state index is 0.0164. The second-order valence-corrected chi connectivity index (χ2v) is 8.83. The molecule has 2 heterocycles. The molecule has 7 heteroatoms. The molecule has 0 atom stereocenters. The van der Waals surface area contributed by atoms with E-state index in [4.69, 9.17) is 4.74 Å². The highest BCUT2D eigenvalue weighted by atomic mass is 16.5. The van der Waals surface area contributed by atoms with Crippen molar-refractivity contribution in [1.29, 1.82) is 0 Å². The summed E-state index contributed by atoms with van der Waals surface area (Å²) in [5.74, 6) is 0.893. The number of phenols is 2. The van der Waals surface area contributed by atoms with Gasteiger partial charge in [-0.3, -0.25) is 9.47 Å². The van der Waals surface area contributed by atoms with Crippen molar-refractivity contribution >= 4 is 0 Å². The number of benzene rings is 2. The molecule has 2 aromatic carbocycles. The van der Waals surface area contributed by atoms with Gasteiger partial charge < -0.3 is 20.3 Å². The van der Waals surface area contributed by atoms with Crippen LogP contribution in [0.25, 0.3) is 17.1 Å². The smallest absolute Gasteiger partial charge is 0.148 e. The van der Waals surface area contributed by atoms with Gasteiger partial charge in [-0.15, -0.1) is 0 Å². The van der Waals surface area contributed by atoms with Gasteiger partial charge in [0.25, 0.3) is 0 Å². The lowest BCUT2D eigenvalue weighted by atomic mass is 9.98. The molecule has 4 rings (SSSR count). The quantitative estimate of drug-likeness (QED) is 0.481. The van der Waals surface area contributed by atoms with E-state index in [-0.39, 0.29) is 17.4 Å². The van der Waals surface area contributed by atoms with Crippen molar-refractivity contribution in [3.8, 4) is 28.6 Å². The maximum absolute atomic E-state index is 10.7. The van der Waals surface area contributed by atoms with Crippen LogP contribution in [0.1, 0.15) is 43.5 Å². The zero-order chi connectivity index (χ0) is 23.4. The highest BCUT2D eigenvalue weighted by Crippen LogP contribution is 2.38. The Morgan fingerprint density at radius 3 is 2.45 bits per heavy atom. The summed E-state index contributed by atoms with van der Waals surface area (Å²) in [5, 5.41) is 24.4. The van der Waals surface area contributed by atoms with Gasteiger partial charge >= 0.3 is 0 Å². The van der Waals surface area contributed by atoms with Crippen molar-refractivity contribution in [3.63, 3.8) is 0 Å². The first-order valence-electron chi connectivity index (χ1n) is 11.7. The number of ether oxygens (including phenoxy) is 1. The van der Waals surface area contributed by atoms with Crippen molar-refractivity contribution in [3.05, 3.63) is 59.4 Å². The SMILES string of the molecule is CCNCc1cnc(-c2cc(C(C)C)c(O)cc2O)n1-c1ccc(CN2CCOCC2)cc1. The minimum absolute atomic E-state index is 0.0164. The zero-order valence-corrected chi connectivity index (χ0v) is 19.7. The number of imidazole rings is 1. The van der Waals surface area contributed by atoms with E-state index in [1.54, 1.807) is 0 Å².